The predicted molar refractivity (Wildman–Crippen MR) is 118 cm³/mol. The number of fused-ring (bicyclic) bond motifs is 3. The van der Waals surface area contributed by atoms with Crippen LogP contribution in [-0.2, 0) is 0 Å². The molecule has 0 aliphatic carbocycles. The molecular weight excluding hydrogens is 411 g/mol. The number of benzene rings is 3. The van der Waals surface area contributed by atoms with Crippen molar-refractivity contribution in [2.75, 3.05) is 21.3 Å². The molecule has 0 fully saturated rings. The Labute approximate surface area is 185 Å². The highest BCUT2D eigenvalue weighted by molar-refractivity contribution is 6.02. The normalized spacial score (nSPS) is 18.9. The molecule has 0 saturated carbocycles. The van der Waals surface area contributed by atoms with E-state index in [1.807, 2.05) is 41.4 Å². The Morgan fingerprint density at radius 3 is 2.38 bits per heavy atom. The number of hydrogen-bond acceptors (Lipinski definition) is 6. The van der Waals surface area contributed by atoms with Gasteiger partial charge in [0, 0.05) is 23.1 Å². The van der Waals surface area contributed by atoms with Gasteiger partial charge in [0.2, 0.25) is 6.23 Å². The minimum absolute atomic E-state index is 0.0491. The maximum absolute atomic E-state index is 13.6. The molecule has 0 saturated heterocycles. The van der Waals surface area contributed by atoms with Gasteiger partial charge in [-0.05, 0) is 36.4 Å². The lowest BCUT2D eigenvalue weighted by atomic mass is 9.95. The molecular formula is C25H23FN2O4. The van der Waals surface area contributed by atoms with Crippen LogP contribution in [0.4, 0.5) is 4.39 Å². The molecule has 2 aliphatic rings. The molecule has 5 rings (SSSR count). The molecule has 6 nitrogen and oxygen atoms in total. The Morgan fingerprint density at radius 1 is 0.906 bits per heavy atom. The van der Waals surface area contributed by atoms with E-state index in [0.29, 0.717) is 29.4 Å². The third-order valence-corrected chi connectivity index (χ3v) is 5.87. The molecule has 0 aromatic heterocycles. The van der Waals surface area contributed by atoms with Gasteiger partial charge in [-0.3, -0.25) is 0 Å². The number of hydrogen-bond donors (Lipinski definition) is 0. The van der Waals surface area contributed by atoms with Crippen molar-refractivity contribution in [1.29, 1.82) is 0 Å². The summed E-state index contributed by atoms with van der Waals surface area (Å²) >= 11 is 0. The van der Waals surface area contributed by atoms with Gasteiger partial charge in [-0.25, -0.2) is 9.40 Å². The quantitative estimate of drug-likeness (QED) is 0.560. The predicted octanol–water partition coefficient (Wildman–Crippen LogP) is 5.09. The first kappa shape index (κ1) is 20.2. The van der Waals surface area contributed by atoms with Crippen LogP contribution >= 0.6 is 0 Å². The second kappa shape index (κ2) is 8.07. The number of halogens is 1. The van der Waals surface area contributed by atoms with Crippen molar-refractivity contribution in [2.24, 2.45) is 5.10 Å². The molecule has 32 heavy (non-hydrogen) atoms. The molecule has 0 bridgehead atoms. The molecule has 0 N–H and O–H groups in total. The summed E-state index contributed by atoms with van der Waals surface area (Å²) in [7, 11) is 4.85. The van der Waals surface area contributed by atoms with E-state index in [9.17, 15) is 4.39 Å². The Bertz CT molecular complexity index is 1180. The standard InChI is InChI=1S/C25H23FN2O4/c1-29-21-12-9-16(13-23(21)31-3)19-14-20-18-5-4-6-22(30-2)24(18)32-25(28(20)27-19)15-7-10-17(26)11-8-15/h4-13,20,25H,14H2,1-3H3. The van der Waals surface area contributed by atoms with Gasteiger partial charge in [0.05, 0.1) is 33.1 Å². The van der Waals surface area contributed by atoms with E-state index in [4.69, 9.17) is 24.0 Å². The van der Waals surface area contributed by atoms with Crippen LogP contribution in [-0.4, -0.2) is 32.0 Å². The SMILES string of the molecule is COc1ccc(C2=NN3C(C2)c2cccc(OC)c2OC3c2ccc(F)cc2)cc1OC. The molecule has 3 aromatic rings. The van der Waals surface area contributed by atoms with E-state index >= 15 is 0 Å². The average molecular weight is 434 g/mol. The molecule has 2 atom stereocenters. The Balaban J connectivity index is 1.60. The summed E-state index contributed by atoms with van der Waals surface area (Å²) in [6.07, 6.45) is 0.165. The molecule has 2 aliphatic heterocycles. The van der Waals surface area contributed by atoms with Gasteiger partial charge in [0.15, 0.2) is 23.0 Å². The van der Waals surface area contributed by atoms with Crippen molar-refractivity contribution in [1.82, 2.24) is 5.01 Å². The van der Waals surface area contributed by atoms with Gasteiger partial charge in [-0.15, -0.1) is 0 Å². The van der Waals surface area contributed by atoms with Gasteiger partial charge in [0.25, 0.3) is 0 Å². The van der Waals surface area contributed by atoms with Crippen LogP contribution in [0.3, 0.4) is 0 Å². The van der Waals surface area contributed by atoms with Crippen LogP contribution in [0.25, 0.3) is 0 Å². The van der Waals surface area contributed by atoms with Crippen LogP contribution in [0.2, 0.25) is 0 Å². The molecule has 164 valence electrons. The van der Waals surface area contributed by atoms with Crippen molar-refractivity contribution in [3.05, 3.63) is 83.2 Å². The number of methoxy groups -OCH3 is 3. The summed E-state index contributed by atoms with van der Waals surface area (Å²) < 4.78 is 36.4. The van der Waals surface area contributed by atoms with Gasteiger partial charge in [-0.1, -0.05) is 24.3 Å². The Morgan fingerprint density at radius 2 is 1.66 bits per heavy atom. The fourth-order valence-corrected chi connectivity index (χ4v) is 4.28. The van der Waals surface area contributed by atoms with Crippen molar-refractivity contribution < 1.29 is 23.3 Å². The van der Waals surface area contributed by atoms with E-state index in [2.05, 4.69) is 0 Å². The number of nitrogens with zero attached hydrogens (tertiary/aromatic N) is 2. The summed E-state index contributed by atoms with van der Waals surface area (Å²) in [5.74, 6) is 2.36. The third-order valence-electron chi connectivity index (χ3n) is 5.87. The van der Waals surface area contributed by atoms with Gasteiger partial charge in [-0.2, -0.15) is 5.10 Å². The lowest BCUT2D eigenvalue weighted by molar-refractivity contribution is -0.0209. The first-order chi connectivity index (χ1) is 15.6. The molecule has 0 spiro atoms. The molecule has 0 radical (unpaired) electrons. The van der Waals surface area contributed by atoms with Crippen LogP contribution in [0.1, 0.15) is 35.4 Å². The van der Waals surface area contributed by atoms with Crippen LogP contribution in [0.5, 0.6) is 23.0 Å². The van der Waals surface area contributed by atoms with Gasteiger partial charge in [0.1, 0.15) is 5.82 Å². The largest absolute Gasteiger partial charge is 0.493 e. The van der Waals surface area contributed by atoms with Gasteiger partial charge >= 0.3 is 0 Å². The maximum Gasteiger partial charge on any atom is 0.214 e. The average Bonchev–Trinajstić information content (AvgIpc) is 3.29. The van der Waals surface area contributed by atoms with Crippen molar-refractivity contribution >= 4 is 5.71 Å². The molecule has 7 heteroatoms. The summed E-state index contributed by atoms with van der Waals surface area (Å²) in [4.78, 5) is 0. The fourth-order valence-electron chi connectivity index (χ4n) is 4.28. The first-order valence-corrected chi connectivity index (χ1v) is 10.3. The molecule has 3 aromatic carbocycles. The monoisotopic (exact) mass is 434 g/mol. The zero-order valence-electron chi connectivity index (χ0n) is 18.0. The van der Waals surface area contributed by atoms with Crippen molar-refractivity contribution in [3.8, 4) is 23.0 Å². The smallest absolute Gasteiger partial charge is 0.214 e. The number of ether oxygens (including phenoxy) is 4. The maximum atomic E-state index is 13.6. The van der Waals surface area contributed by atoms with E-state index < -0.39 is 6.23 Å². The minimum atomic E-state index is -0.512. The minimum Gasteiger partial charge on any atom is -0.493 e. The van der Waals surface area contributed by atoms with Crippen LogP contribution in [0.15, 0.2) is 65.8 Å². The van der Waals surface area contributed by atoms with Gasteiger partial charge < -0.3 is 18.9 Å². The summed E-state index contributed by atoms with van der Waals surface area (Å²) in [5, 5.41) is 6.89. The fraction of sp³-hybridized carbons (Fsp3) is 0.240. The lowest BCUT2D eigenvalue weighted by Crippen LogP contribution is -2.33. The van der Waals surface area contributed by atoms with Crippen molar-refractivity contribution in [3.63, 3.8) is 0 Å². The molecule has 2 heterocycles. The lowest BCUT2D eigenvalue weighted by Gasteiger charge is -2.38. The van der Waals surface area contributed by atoms with Crippen molar-refractivity contribution in [2.45, 2.75) is 18.7 Å². The van der Waals surface area contributed by atoms with E-state index in [0.717, 1.165) is 22.4 Å². The zero-order valence-corrected chi connectivity index (χ0v) is 18.0. The number of para-hydroxylation sites is 1. The highest BCUT2D eigenvalue weighted by Gasteiger charge is 2.42. The highest BCUT2D eigenvalue weighted by Crippen LogP contribution is 2.50. The second-order valence-corrected chi connectivity index (χ2v) is 7.62. The summed E-state index contributed by atoms with van der Waals surface area (Å²) in [6.45, 7) is 0. The molecule has 2 unspecified atom stereocenters. The van der Waals surface area contributed by atoms with Crippen LogP contribution < -0.4 is 18.9 Å². The van der Waals surface area contributed by atoms with E-state index in [1.54, 1.807) is 33.5 Å². The highest BCUT2D eigenvalue weighted by atomic mass is 19.1. The number of hydrazone groups is 1. The molecule has 0 amide bonds. The third kappa shape index (κ3) is 3.30. The number of rotatable bonds is 5. The van der Waals surface area contributed by atoms with E-state index in [1.165, 1.54) is 12.1 Å². The van der Waals surface area contributed by atoms with E-state index in [-0.39, 0.29) is 11.9 Å². The zero-order chi connectivity index (χ0) is 22.2. The first-order valence-electron chi connectivity index (χ1n) is 10.3. The topological polar surface area (TPSA) is 52.5 Å². The Kier molecular flexibility index (Phi) is 5.09. The summed E-state index contributed by atoms with van der Waals surface area (Å²) in [5.41, 5.74) is 3.66. The second-order valence-electron chi connectivity index (χ2n) is 7.62. The summed E-state index contributed by atoms with van der Waals surface area (Å²) in [6, 6.07) is 17.9. The van der Waals surface area contributed by atoms with Crippen LogP contribution in [0, 0.1) is 5.82 Å². The Hall–Kier alpha value is -3.74.